The highest BCUT2D eigenvalue weighted by Crippen LogP contribution is 2.31. The molecule has 15 heavy (non-hydrogen) atoms. The van der Waals surface area contributed by atoms with Crippen molar-refractivity contribution in [3.05, 3.63) is 29.3 Å². The Morgan fingerprint density at radius 1 is 1.40 bits per heavy atom. The van der Waals surface area contributed by atoms with E-state index in [1.165, 1.54) is 12.8 Å². The molecule has 2 rings (SSSR count). The van der Waals surface area contributed by atoms with E-state index in [0.29, 0.717) is 5.56 Å². The van der Waals surface area contributed by atoms with Crippen LogP contribution >= 0.6 is 0 Å². The van der Waals surface area contributed by atoms with Crippen LogP contribution in [0, 0.1) is 11.3 Å². The van der Waals surface area contributed by atoms with Gasteiger partial charge >= 0.3 is 0 Å². The summed E-state index contributed by atoms with van der Waals surface area (Å²) in [6, 6.07) is 7.55. The molecule has 0 unspecified atom stereocenters. The van der Waals surface area contributed by atoms with Crippen molar-refractivity contribution in [1.29, 1.82) is 5.26 Å². The molecule has 2 N–H and O–H groups in total. The Morgan fingerprint density at radius 2 is 2.27 bits per heavy atom. The molecule has 0 saturated carbocycles. The molecule has 0 aromatic heterocycles. The standard InChI is InChI=1S/C12H14N2O/c13-8-9-4-3-5-10(12(9)15)11-6-1-2-7-14-11/h3-5,11,14-15H,1-2,6-7H2/t11-/m0/s1. The number of nitriles is 1. The number of hydrogen-bond donors (Lipinski definition) is 2. The van der Waals surface area contributed by atoms with Gasteiger partial charge in [0, 0.05) is 11.6 Å². The average Bonchev–Trinajstić information content (AvgIpc) is 2.30. The maximum absolute atomic E-state index is 9.88. The van der Waals surface area contributed by atoms with Crippen molar-refractivity contribution in [2.75, 3.05) is 6.54 Å². The first-order valence-electron chi connectivity index (χ1n) is 5.28. The number of benzene rings is 1. The predicted octanol–water partition coefficient (Wildman–Crippen LogP) is 2.08. The second-order valence-electron chi connectivity index (χ2n) is 3.86. The third kappa shape index (κ3) is 1.95. The molecule has 78 valence electrons. The van der Waals surface area contributed by atoms with E-state index < -0.39 is 0 Å². The second-order valence-corrected chi connectivity index (χ2v) is 3.86. The van der Waals surface area contributed by atoms with Crippen LogP contribution in [0.2, 0.25) is 0 Å². The van der Waals surface area contributed by atoms with Crippen LogP contribution in [0.5, 0.6) is 5.75 Å². The van der Waals surface area contributed by atoms with Crippen molar-refractivity contribution in [2.24, 2.45) is 0 Å². The van der Waals surface area contributed by atoms with Crippen molar-refractivity contribution in [3.63, 3.8) is 0 Å². The topological polar surface area (TPSA) is 56.0 Å². The zero-order chi connectivity index (χ0) is 10.7. The van der Waals surface area contributed by atoms with E-state index in [1.807, 2.05) is 18.2 Å². The Morgan fingerprint density at radius 3 is 2.93 bits per heavy atom. The molecule has 0 aliphatic carbocycles. The number of hydrogen-bond acceptors (Lipinski definition) is 3. The molecular weight excluding hydrogens is 188 g/mol. The number of para-hydroxylation sites is 1. The van der Waals surface area contributed by atoms with Gasteiger partial charge in [0.05, 0.1) is 5.56 Å². The molecule has 0 amide bonds. The first kappa shape index (κ1) is 10.0. The van der Waals surface area contributed by atoms with Crippen molar-refractivity contribution in [1.82, 2.24) is 5.32 Å². The zero-order valence-corrected chi connectivity index (χ0v) is 8.53. The molecule has 1 aromatic carbocycles. The van der Waals surface area contributed by atoms with E-state index in [4.69, 9.17) is 5.26 Å². The SMILES string of the molecule is N#Cc1cccc([C@@H]2CCCCN2)c1O. The van der Waals surface area contributed by atoms with E-state index in [1.54, 1.807) is 6.07 Å². The van der Waals surface area contributed by atoms with Crippen LogP contribution in [0.3, 0.4) is 0 Å². The summed E-state index contributed by atoms with van der Waals surface area (Å²) in [5.41, 5.74) is 1.22. The fourth-order valence-corrected chi connectivity index (χ4v) is 2.05. The van der Waals surface area contributed by atoms with Crippen LogP contribution in [0.15, 0.2) is 18.2 Å². The monoisotopic (exact) mass is 202 g/mol. The van der Waals surface area contributed by atoms with Gasteiger partial charge in [-0.1, -0.05) is 18.6 Å². The highest BCUT2D eigenvalue weighted by molar-refractivity contribution is 5.48. The zero-order valence-electron chi connectivity index (χ0n) is 8.53. The largest absolute Gasteiger partial charge is 0.506 e. The van der Waals surface area contributed by atoms with Crippen molar-refractivity contribution in [2.45, 2.75) is 25.3 Å². The molecule has 3 nitrogen and oxygen atoms in total. The number of aromatic hydroxyl groups is 1. The molecule has 1 aliphatic heterocycles. The van der Waals surface area contributed by atoms with Gasteiger partial charge in [0.2, 0.25) is 0 Å². The van der Waals surface area contributed by atoms with Gasteiger partial charge < -0.3 is 10.4 Å². The van der Waals surface area contributed by atoms with Crippen molar-refractivity contribution in [3.8, 4) is 11.8 Å². The maximum Gasteiger partial charge on any atom is 0.138 e. The molecule has 1 aliphatic rings. The summed E-state index contributed by atoms with van der Waals surface area (Å²) in [7, 11) is 0. The van der Waals surface area contributed by atoms with Gasteiger partial charge in [0.15, 0.2) is 0 Å². The summed E-state index contributed by atoms with van der Waals surface area (Å²) in [5, 5.41) is 22.0. The molecule has 1 heterocycles. The number of nitrogens with one attached hydrogen (secondary N) is 1. The highest BCUT2D eigenvalue weighted by atomic mass is 16.3. The molecule has 1 saturated heterocycles. The summed E-state index contributed by atoms with van der Waals surface area (Å²) in [6.45, 7) is 0.987. The van der Waals surface area contributed by atoms with Gasteiger partial charge in [0.25, 0.3) is 0 Å². The highest BCUT2D eigenvalue weighted by Gasteiger charge is 2.18. The second kappa shape index (κ2) is 4.33. The Hall–Kier alpha value is -1.53. The third-order valence-electron chi connectivity index (χ3n) is 2.87. The number of phenolic OH excluding ortho intramolecular Hbond substituents is 1. The minimum absolute atomic E-state index is 0.138. The van der Waals surface area contributed by atoms with Gasteiger partial charge in [-0.05, 0) is 25.5 Å². The number of phenols is 1. The normalized spacial score (nSPS) is 20.9. The predicted molar refractivity (Wildman–Crippen MR) is 57.4 cm³/mol. The Labute approximate surface area is 89.4 Å². The fourth-order valence-electron chi connectivity index (χ4n) is 2.05. The first-order chi connectivity index (χ1) is 7.33. The number of nitrogens with zero attached hydrogens (tertiary/aromatic N) is 1. The first-order valence-corrected chi connectivity index (χ1v) is 5.28. The molecule has 0 radical (unpaired) electrons. The van der Waals surface area contributed by atoms with Gasteiger partial charge in [0.1, 0.15) is 11.8 Å². The summed E-state index contributed by atoms with van der Waals surface area (Å²) >= 11 is 0. The van der Waals surface area contributed by atoms with Gasteiger partial charge in [-0.3, -0.25) is 0 Å². The molecular formula is C12H14N2O. The fraction of sp³-hybridized carbons (Fsp3) is 0.417. The Bertz CT molecular complexity index is 389. The Balaban J connectivity index is 2.31. The van der Waals surface area contributed by atoms with Crippen molar-refractivity contribution >= 4 is 0 Å². The van der Waals surface area contributed by atoms with Crippen LogP contribution in [0.25, 0.3) is 0 Å². The minimum Gasteiger partial charge on any atom is -0.506 e. The summed E-state index contributed by atoms with van der Waals surface area (Å²) in [6.07, 6.45) is 3.39. The molecule has 1 atom stereocenters. The lowest BCUT2D eigenvalue weighted by Gasteiger charge is -2.24. The van der Waals surface area contributed by atoms with Crippen LogP contribution < -0.4 is 5.32 Å². The number of piperidine rings is 1. The van der Waals surface area contributed by atoms with E-state index in [-0.39, 0.29) is 11.8 Å². The van der Waals surface area contributed by atoms with Gasteiger partial charge in [-0.15, -0.1) is 0 Å². The van der Waals surface area contributed by atoms with Crippen molar-refractivity contribution < 1.29 is 5.11 Å². The number of rotatable bonds is 1. The van der Waals surface area contributed by atoms with Crippen LogP contribution in [-0.4, -0.2) is 11.7 Å². The molecule has 0 spiro atoms. The molecule has 3 heteroatoms. The third-order valence-corrected chi connectivity index (χ3v) is 2.87. The van der Waals surface area contributed by atoms with E-state index in [2.05, 4.69) is 5.32 Å². The maximum atomic E-state index is 9.88. The quantitative estimate of drug-likeness (QED) is 0.733. The minimum atomic E-state index is 0.138. The smallest absolute Gasteiger partial charge is 0.138 e. The van der Waals surface area contributed by atoms with Gasteiger partial charge in [-0.25, -0.2) is 0 Å². The van der Waals surface area contributed by atoms with E-state index in [0.717, 1.165) is 18.5 Å². The lowest BCUT2D eigenvalue weighted by molar-refractivity contribution is 0.390. The molecule has 1 fully saturated rings. The molecule has 0 bridgehead atoms. The average molecular weight is 202 g/mol. The van der Waals surface area contributed by atoms with E-state index >= 15 is 0 Å². The summed E-state index contributed by atoms with van der Waals surface area (Å²) < 4.78 is 0. The molecule has 1 aromatic rings. The van der Waals surface area contributed by atoms with Crippen LogP contribution in [0.1, 0.15) is 36.4 Å². The van der Waals surface area contributed by atoms with E-state index in [9.17, 15) is 5.11 Å². The summed E-state index contributed by atoms with van der Waals surface area (Å²) in [5.74, 6) is 0.138. The van der Waals surface area contributed by atoms with Crippen LogP contribution in [-0.2, 0) is 0 Å². The summed E-state index contributed by atoms with van der Waals surface area (Å²) in [4.78, 5) is 0. The van der Waals surface area contributed by atoms with Crippen LogP contribution in [0.4, 0.5) is 0 Å². The van der Waals surface area contributed by atoms with Gasteiger partial charge in [-0.2, -0.15) is 5.26 Å². The Kier molecular flexibility index (Phi) is 2.89. The lowest BCUT2D eigenvalue weighted by atomic mass is 9.95. The lowest BCUT2D eigenvalue weighted by Crippen LogP contribution is -2.26.